The zero-order chi connectivity index (χ0) is 10.6. The number of carbonyl (C=O) groups is 2. The number of rotatable bonds is 4. The Morgan fingerprint density at radius 2 is 2.21 bits per heavy atom. The third-order valence-corrected chi connectivity index (χ3v) is 2.90. The Labute approximate surface area is 85.5 Å². The first-order valence-electron chi connectivity index (χ1n) is 5.44. The molecule has 3 nitrogen and oxygen atoms in total. The molecule has 1 heterocycles. The number of hydrogen-bond acceptors (Lipinski definition) is 3. The zero-order valence-electron chi connectivity index (χ0n) is 9.08. The Morgan fingerprint density at radius 1 is 1.50 bits per heavy atom. The van der Waals surface area contributed by atoms with Crippen molar-refractivity contribution in [1.29, 1.82) is 0 Å². The summed E-state index contributed by atoms with van der Waals surface area (Å²) in [6, 6.07) is 0. The van der Waals surface area contributed by atoms with Crippen LogP contribution in [-0.4, -0.2) is 36.1 Å². The van der Waals surface area contributed by atoms with Crippen molar-refractivity contribution in [2.24, 2.45) is 5.92 Å². The third kappa shape index (κ3) is 2.91. The Kier molecular flexibility index (Phi) is 4.26. The van der Waals surface area contributed by atoms with Crippen LogP contribution in [0.2, 0.25) is 0 Å². The summed E-state index contributed by atoms with van der Waals surface area (Å²) in [5, 5.41) is 0. The molecule has 1 aliphatic heterocycles. The maximum absolute atomic E-state index is 11.4. The van der Waals surface area contributed by atoms with Gasteiger partial charge in [0.05, 0.1) is 6.54 Å². The van der Waals surface area contributed by atoms with Crippen LogP contribution in [0.15, 0.2) is 0 Å². The minimum atomic E-state index is 0.161. The molecule has 1 fully saturated rings. The molecule has 1 aliphatic rings. The normalized spacial score (nSPS) is 23.9. The number of ketones is 2. The van der Waals surface area contributed by atoms with Crippen molar-refractivity contribution in [1.82, 2.24) is 4.90 Å². The third-order valence-electron chi connectivity index (χ3n) is 2.90. The van der Waals surface area contributed by atoms with Gasteiger partial charge in [-0.25, -0.2) is 0 Å². The van der Waals surface area contributed by atoms with Crippen LogP contribution in [0.3, 0.4) is 0 Å². The van der Waals surface area contributed by atoms with Gasteiger partial charge < -0.3 is 0 Å². The molecule has 1 atom stereocenters. The fourth-order valence-corrected chi connectivity index (χ4v) is 1.84. The van der Waals surface area contributed by atoms with Gasteiger partial charge >= 0.3 is 0 Å². The van der Waals surface area contributed by atoms with E-state index < -0.39 is 0 Å². The molecule has 1 saturated heterocycles. The molecule has 3 heteroatoms. The second-order valence-corrected chi connectivity index (χ2v) is 3.95. The van der Waals surface area contributed by atoms with E-state index in [0.717, 1.165) is 19.5 Å². The van der Waals surface area contributed by atoms with Gasteiger partial charge in [-0.3, -0.25) is 14.5 Å². The molecule has 0 amide bonds. The predicted octanol–water partition coefficient (Wildman–Crippen LogP) is 1.27. The van der Waals surface area contributed by atoms with Gasteiger partial charge in [0.25, 0.3) is 0 Å². The molecule has 0 aliphatic carbocycles. The van der Waals surface area contributed by atoms with Crippen molar-refractivity contribution < 1.29 is 9.59 Å². The highest BCUT2D eigenvalue weighted by atomic mass is 16.1. The van der Waals surface area contributed by atoms with E-state index in [1.54, 1.807) is 0 Å². The van der Waals surface area contributed by atoms with Crippen LogP contribution in [0, 0.1) is 5.92 Å². The summed E-state index contributed by atoms with van der Waals surface area (Å²) in [4.78, 5) is 24.8. The maximum Gasteiger partial charge on any atom is 0.146 e. The second kappa shape index (κ2) is 5.25. The monoisotopic (exact) mass is 197 g/mol. The Bertz CT molecular complexity index is 225. The van der Waals surface area contributed by atoms with E-state index in [4.69, 9.17) is 0 Å². The molecular weight excluding hydrogens is 178 g/mol. The van der Waals surface area contributed by atoms with Gasteiger partial charge in [-0.15, -0.1) is 0 Å². The molecule has 1 rings (SSSR count). The van der Waals surface area contributed by atoms with Gasteiger partial charge in [-0.1, -0.05) is 13.8 Å². The number of nitrogens with zero attached hydrogens (tertiary/aromatic N) is 1. The average Bonchev–Trinajstić information content (AvgIpc) is 2.20. The fourth-order valence-electron chi connectivity index (χ4n) is 1.84. The largest absolute Gasteiger partial charge is 0.299 e. The lowest BCUT2D eigenvalue weighted by Crippen LogP contribution is -2.42. The van der Waals surface area contributed by atoms with Crippen molar-refractivity contribution in [2.45, 2.75) is 33.1 Å². The van der Waals surface area contributed by atoms with Gasteiger partial charge in [0.15, 0.2) is 0 Å². The first kappa shape index (κ1) is 11.4. The number of Topliss-reactive ketones (excluding diaryl/α,β-unsaturated/α-hetero) is 2. The molecule has 0 spiro atoms. The number of likely N-dealkylation sites (tertiary alicyclic amines) is 1. The minimum Gasteiger partial charge on any atom is -0.299 e. The van der Waals surface area contributed by atoms with Crippen LogP contribution in [0.4, 0.5) is 0 Å². The molecule has 0 bridgehead atoms. The number of hydrogen-bond donors (Lipinski definition) is 0. The van der Waals surface area contributed by atoms with E-state index in [2.05, 4.69) is 4.90 Å². The predicted molar refractivity (Wildman–Crippen MR) is 55.1 cm³/mol. The summed E-state index contributed by atoms with van der Waals surface area (Å²) < 4.78 is 0. The summed E-state index contributed by atoms with van der Waals surface area (Å²) in [6.07, 6.45) is 2.12. The Balaban J connectivity index is 2.42. The Hall–Kier alpha value is -0.700. The molecule has 0 aromatic rings. The van der Waals surface area contributed by atoms with E-state index in [1.807, 2.05) is 13.8 Å². The molecule has 80 valence electrons. The van der Waals surface area contributed by atoms with Crippen LogP contribution in [0.1, 0.15) is 33.1 Å². The van der Waals surface area contributed by atoms with Crippen LogP contribution < -0.4 is 0 Å². The van der Waals surface area contributed by atoms with Crippen molar-refractivity contribution in [3.05, 3.63) is 0 Å². The lowest BCUT2D eigenvalue weighted by atomic mass is 9.94. The molecule has 1 unspecified atom stereocenters. The molecule has 0 N–H and O–H groups in total. The molecule has 0 aromatic carbocycles. The topological polar surface area (TPSA) is 37.4 Å². The van der Waals surface area contributed by atoms with Crippen LogP contribution in [0.25, 0.3) is 0 Å². The van der Waals surface area contributed by atoms with Crippen molar-refractivity contribution in [3.63, 3.8) is 0 Å². The van der Waals surface area contributed by atoms with Crippen molar-refractivity contribution in [3.8, 4) is 0 Å². The summed E-state index contributed by atoms with van der Waals surface area (Å²) >= 11 is 0. The summed E-state index contributed by atoms with van der Waals surface area (Å²) in [7, 11) is 0. The first-order valence-corrected chi connectivity index (χ1v) is 5.44. The summed E-state index contributed by atoms with van der Waals surface area (Å²) in [6.45, 7) is 5.99. The van der Waals surface area contributed by atoms with Crippen LogP contribution in [0.5, 0.6) is 0 Å². The smallest absolute Gasteiger partial charge is 0.146 e. The van der Waals surface area contributed by atoms with E-state index >= 15 is 0 Å². The fraction of sp³-hybridized carbons (Fsp3) is 0.818. The molecule has 0 saturated carbocycles. The summed E-state index contributed by atoms with van der Waals surface area (Å²) in [5.41, 5.74) is 0. The highest BCUT2D eigenvalue weighted by molar-refractivity contribution is 5.83. The summed E-state index contributed by atoms with van der Waals surface area (Å²) in [5.74, 6) is 0.801. The molecule has 14 heavy (non-hydrogen) atoms. The zero-order valence-corrected chi connectivity index (χ0v) is 9.08. The van der Waals surface area contributed by atoms with Gasteiger partial charge in [0.2, 0.25) is 0 Å². The van der Waals surface area contributed by atoms with Gasteiger partial charge in [0, 0.05) is 31.8 Å². The van der Waals surface area contributed by atoms with Gasteiger partial charge in [-0.2, -0.15) is 0 Å². The lowest BCUT2D eigenvalue weighted by Gasteiger charge is -2.30. The van der Waals surface area contributed by atoms with Crippen LogP contribution in [-0.2, 0) is 9.59 Å². The molecule has 0 aromatic heterocycles. The van der Waals surface area contributed by atoms with Crippen LogP contribution >= 0.6 is 0 Å². The first-order chi connectivity index (χ1) is 6.67. The van der Waals surface area contributed by atoms with E-state index in [0.29, 0.717) is 25.2 Å². The van der Waals surface area contributed by atoms with Crippen molar-refractivity contribution >= 4 is 11.6 Å². The number of piperidine rings is 1. The van der Waals surface area contributed by atoms with E-state index in [1.165, 1.54) is 0 Å². The molecule has 0 radical (unpaired) electrons. The van der Waals surface area contributed by atoms with E-state index in [-0.39, 0.29) is 11.7 Å². The number of carbonyl (C=O) groups excluding carboxylic acids is 2. The molecular formula is C11H19NO2. The highest BCUT2D eigenvalue weighted by Gasteiger charge is 2.26. The van der Waals surface area contributed by atoms with Gasteiger partial charge in [-0.05, 0) is 6.42 Å². The lowest BCUT2D eigenvalue weighted by molar-refractivity contribution is -0.128. The second-order valence-electron chi connectivity index (χ2n) is 3.95. The average molecular weight is 197 g/mol. The quantitative estimate of drug-likeness (QED) is 0.681. The maximum atomic E-state index is 11.4. The van der Waals surface area contributed by atoms with Gasteiger partial charge in [0.1, 0.15) is 11.6 Å². The Morgan fingerprint density at radius 3 is 2.79 bits per heavy atom. The minimum absolute atomic E-state index is 0.161. The standard InChI is InChI=1S/C11H19NO2/c1-3-9-7-12(6-5-11(9)14)8-10(13)4-2/h9H,3-8H2,1-2H3. The highest BCUT2D eigenvalue weighted by Crippen LogP contribution is 2.15. The SMILES string of the molecule is CCC(=O)CN1CCC(=O)C(CC)C1. The van der Waals surface area contributed by atoms with E-state index in [9.17, 15) is 9.59 Å². The van der Waals surface area contributed by atoms with Crippen molar-refractivity contribution in [2.75, 3.05) is 19.6 Å².